The standard InChI is InChI=1S/C14H23FN2/c1-5-11(3)17(4)14(9-16)12-7-6-10(2)13(15)8-12/h6-8,11,14H,5,9,16H2,1-4H3. The Morgan fingerprint density at radius 2 is 2.06 bits per heavy atom. The Kier molecular flexibility index (Phi) is 5.09. The lowest BCUT2D eigenvalue weighted by atomic mass is 10.0. The summed E-state index contributed by atoms with van der Waals surface area (Å²) in [5.74, 6) is -0.154. The Bertz CT molecular complexity index is 365. The first-order valence-corrected chi connectivity index (χ1v) is 6.19. The third kappa shape index (κ3) is 3.27. The van der Waals surface area contributed by atoms with E-state index >= 15 is 0 Å². The molecular formula is C14H23FN2. The molecule has 2 N–H and O–H groups in total. The van der Waals surface area contributed by atoms with Crippen molar-refractivity contribution in [2.45, 2.75) is 39.3 Å². The molecule has 0 spiro atoms. The van der Waals surface area contributed by atoms with Crippen LogP contribution in [-0.4, -0.2) is 24.5 Å². The quantitative estimate of drug-likeness (QED) is 0.854. The van der Waals surface area contributed by atoms with E-state index in [2.05, 4.69) is 18.7 Å². The number of aryl methyl sites for hydroxylation is 1. The van der Waals surface area contributed by atoms with E-state index < -0.39 is 0 Å². The number of likely N-dealkylation sites (N-methyl/N-ethyl adjacent to an activating group) is 1. The third-order valence-corrected chi connectivity index (χ3v) is 3.58. The Balaban J connectivity index is 2.97. The van der Waals surface area contributed by atoms with Crippen LogP contribution in [0.1, 0.15) is 37.4 Å². The lowest BCUT2D eigenvalue weighted by Gasteiger charge is -2.32. The summed E-state index contributed by atoms with van der Waals surface area (Å²) in [7, 11) is 2.05. The Morgan fingerprint density at radius 3 is 2.53 bits per heavy atom. The van der Waals surface area contributed by atoms with E-state index in [1.807, 2.05) is 19.2 Å². The smallest absolute Gasteiger partial charge is 0.126 e. The van der Waals surface area contributed by atoms with Crippen LogP contribution in [0.15, 0.2) is 18.2 Å². The maximum absolute atomic E-state index is 13.6. The van der Waals surface area contributed by atoms with Gasteiger partial charge in [-0.1, -0.05) is 19.1 Å². The maximum Gasteiger partial charge on any atom is 0.126 e. The van der Waals surface area contributed by atoms with E-state index in [1.54, 1.807) is 13.0 Å². The molecule has 1 rings (SSSR count). The summed E-state index contributed by atoms with van der Waals surface area (Å²) in [5.41, 5.74) is 7.46. The van der Waals surface area contributed by atoms with Crippen LogP contribution in [0.2, 0.25) is 0 Å². The van der Waals surface area contributed by atoms with Crippen molar-refractivity contribution in [1.82, 2.24) is 4.90 Å². The van der Waals surface area contributed by atoms with Gasteiger partial charge in [0.2, 0.25) is 0 Å². The van der Waals surface area contributed by atoms with E-state index in [1.165, 1.54) is 0 Å². The largest absolute Gasteiger partial charge is 0.329 e. The van der Waals surface area contributed by atoms with E-state index in [4.69, 9.17) is 5.73 Å². The fourth-order valence-electron chi connectivity index (χ4n) is 1.95. The van der Waals surface area contributed by atoms with Crippen molar-refractivity contribution in [1.29, 1.82) is 0 Å². The molecule has 2 unspecified atom stereocenters. The van der Waals surface area contributed by atoms with Gasteiger partial charge < -0.3 is 5.73 Å². The normalized spacial score (nSPS) is 15.0. The lowest BCUT2D eigenvalue weighted by molar-refractivity contribution is 0.184. The average molecular weight is 238 g/mol. The minimum Gasteiger partial charge on any atom is -0.329 e. The van der Waals surface area contributed by atoms with Crippen molar-refractivity contribution in [3.05, 3.63) is 35.1 Å². The summed E-state index contributed by atoms with van der Waals surface area (Å²) in [6.45, 7) is 6.58. The van der Waals surface area contributed by atoms with Gasteiger partial charge in [0.05, 0.1) is 0 Å². The highest BCUT2D eigenvalue weighted by atomic mass is 19.1. The molecule has 1 aromatic rings. The van der Waals surface area contributed by atoms with Crippen molar-refractivity contribution in [3.8, 4) is 0 Å². The molecule has 0 fully saturated rings. The summed E-state index contributed by atoms with van der Waals surface area (Å²) in [6.07, 6.45) is 1.06. The predicted octanol–water partition coefficient (Wildman–Crippen LogP) is 2.86. The molecule has 0 amide bonds. The Morgan fingerprint density at radius 1 is 1.41 bits per heavy atom. The number of hydrogen-bond acceptors (Lipinski definition) is 2. The molecule has 2 atom stereocenters. The summed E-state index contributed by atoms with van der Waals surface area (Å²) >= 11 is 0. The van der Waals surface area contributed by atoms with Gasteiger partial charge in [-0.15, -0.1) is 0 Å². The van der Waals surface area contributed by atoms with Crippen LogP contribution in [0.4, 0.5) is 4.39 Å². The molecule has 3 heteroatoms. The van der Waals surface area contributed by atoms with Gasteiger partial charge in [-0.25, -0.2) is 4.39 Å². The van der Waals surface area contributed by atoms with Gasteiger partial charge >= 0.3 is 0 Å². The van der Waals surface area contributed by atoms with Crippen molar-refractivity contribution in [3.63, 3.8) is 0 Å². The van der Waals surface area contributed by atoms with Crippen LogP contribution in [0, 0.1) is 12.7 Å². The minimum atomic E-state index is -0.154. The SMILES string of the molecule is CCC(C)N(C)C(CN)c1ccc(C)c(F)c1. The van der Waals surface area contributed by atoms with Gasteiger partial charge in [0, 0.05) is 18.6 Å². The summed E-state index contributed by atoms with van der Waals surface area (Å²) in [4.78, 5) is 2.21. The second-order valence-corrected chi connectivity index (χ2v) is 4.68. The summed E-state index contributed by atoms with van der Waals surface area (Å²) in [5, 5.41) is 0. The zero-order chi connectivity index (χ0) is 13.0. The van der Waals surface area contributed by atoms with Crippen LogP contribution in [0.5, 0.6) is 0 Å². The highest BCUT2D eigenvalue weighted by Gasteiger charge is 2.19. The molecule has 0 aliphatic heterocycles. The first kappa shape index (κ1) is 14.1. The summed E-state index contributed by atoms with van der Waals surface area (Å²) < 4.78 is 13.6. The molecule has 1 aromatic carbocycles. The van der Waals surface area contributed by atoms with E-state index in [9.17, 15) is 4.39 Å². The molecule has 0 radical (unpaired) electrons. The summed E-state index contributed by atoms with van der Waals surface area (Å²) in [6, 6.07) is 5.91. The molecule has 0 aliphatic carbocycles. The average Bonchev–Trinajstić information content (AvgIpc) is 2.33. The number of nitrogens with zero attached hydrogens (tertiary/aromatic N) is 1. The van der Waals surface area contributed by atoms with Crippen molar-refractivity contribution >= 4 is 0 Å². The highest BCUT2D eigenvalue weighted by molar-refractivity contribution is 5.26. The van der Waals surface area contributed by atoms with Crippen LogP contribution in [0.25, 0.3) is 0 Å². The fourth-order valence-corrected chi connectivity index (χ4v) is 1.95. The molecule has 0 heterocycles. The van der Waals surface area contributed by atoms with Gasteiger partial charge in [0.1, 0.15) is 5.82 Å². The van der Waals surface area contributed by atoms with E-state index in [0.717, 1.165) is 12.0 Å². The first-order chi connectivity index (χ1) is 8.01. The highest BCUT2D eigenvalue weighted by Crippen LogP contribution is 2.23. The van der Waals surface area contributed by atoms with Crippen molar-refractivity contribution in [2.75, 3.05) is 13.6 Å². The van der Waals surface area contributed by atoms with Crippen LogP contribution < -0.4 is 5.73 Å². The van der Waals surface area contributed by atoms with Gasteiger partial charge in [-0.05, 0) is 44.5 Å². The number of benzene rings is 1. The molecule has 2 nitrogen and oxygen atoms in total. The van der Waals surface area contributed by atoms with Gasteiger partial charge in [-0.3, -0.25) is 4.90 Å². The monoisotopic (exact) mass is 238 g/mol. The number of halogens is 1. The fraction of sp³-hybridized carbons (Fsp3) is 0.571. The minimum absolute atomic E-state index is 0.0834. The molecule has 0 aromatic heterocycles. The second kappa shape index (κ2) is 6.12. The second-order valence-electron chi connectivity index (χ2n) is 4.68. The van der Waals surface area contributed by atoms with Crippen molar-refractivity contribution < 1.29 is 4.39 Å². The molecule has 0 saturated heterocycles. The van der Waals surface area contributed by atoms with E-state index in [0.29, 0.717) is 18.2 Å². The first-order valence-electron chi connectivity index (χ1n) is 6.19. The zero-order valence-electron chi connectivity index (χ0n) is 11.2. The van der Waals surface area contributed by atoms with Gasteiger partial charge in [-0.2, -0.15) is 0 Å². The van der Waals surface area contributed by atoms with Crippen molar-refractivity contribution in [2.24, 2.45) is 5.73 Å². The van der Waals surface area contributed by atoms with Crippen LogP contribution in [-0.2, 0) is 0 Å². The number of rotatable bonds is 5. The maximum atomic E-state index is 13.6. The number of hydrogen-bond donors (Lipinski definition) is 1. The van der Waals surface area contributed by atoms with Crippen LogP contribution >= 0.6 is 0 Å². The predicted molar refractivity (Wildman–Crippen MR) is 70.4 cm³/mol. The topological polar surface area (TPSA) is 29.3 Å². The zero-order valence-corrected chi connectivity index (χ0v) is 11.2. The Labute approximate surface area is 104 Å². The van der Waals surface area contributed by atoms with Gasteiger partial charge in [0.25, 0.3) is 0 Å². The Hall–Kier alpha value is -0.930. The molecule has 96 valence electrons. The number of nitrogens with two attached hydrogens (primary N) is 1. The van der Waals surface area contributed by atoms with Gasteiger partial charge in [0.15, 0.2) is 0 Å². The van der Waals surface area contributed by atoms with E-state index in [-0.39, 0.29) is 11.9 Å². The molecule has 17 heavy (non-hydrogen) atoms. The molecule has 0 bridgehead atoms. The third-order valence-electron chi connectivity index (χ3n) is 3.58. The molecule has 0 aliphatic rings. The molecular weight excluding hydrogens is 215 g/mol. The van der Waals surface area contributed by atoms with Crippen LogP contribution in [0.3, 0.4) is 0 Å². The molecule has 0 saturated carbocycles. The lowest BCUT2D eigenvalue weighted by Crippen LogP contribution is -2.36.